The molecule has 1 aliphatic carbocycles. The molecule has 1 amide bonds. The van der Waals surface area contributed by atoms with Crippen LogP contribution in [0.15, 0.2) is 41.7 Å². The maximum atomic E-state index is 15.2. The van der Waals surface area contributed by atoms with Crippen LogP contribution >= 0.6 is 0 Å². The molecular weight excluding hydrogens is 538 g/mol. The molecule has 1 saturated carbocycles. The van der Waals surface area contributed by atoms with Crippen molar-refractivity contribution in [2.24, 2.45) is 4.99 Å². The van der Waals surface area contributed by atoms with Gasteiger partial charge in [-0.15, -0.1) is 0 Å². The summed E-state index contributed by atoms with van der Waals surface area (Å²) in [5.74, 6) is -0.133. The summed E-state index contributed by atoms with van der Waals surface area (Å²) in [7, 11) is 0. The Hall–Kier alpha value is -3.95. The summed E-state index contributed by atoms with van der Waals surface area (Å²) in [4.78, 5) is 31.7. The topological polar surface area (TPSA) is 92.6 Å². The minimum absolute atomic E-state index is 0.0280. The standard InChI is InChI=1S/C32H36F2N6O2/c1-19-32(11-5-6-12-32)23-15-22(16-24(33)28(23)37-19)27-25(34)18-36-29(39-27)38-26-8-7-21(17-35-26)20-9-13-40(14-10-20)30(41)42-31(2,3)4/h7-8,15-18,20H,5-6,9-14H2,1-4H3,(H,35,36,38,39). The molecule has 1 saturated heterocycles. The van der Waals surface area contributed by atoms with Gasteiger partial charge >= 0.3 is 6.09 Å². The van der Waals surface area contributed by atoms with Crippen LogP contribution in [-0.2, 0) is 10.2 Å². The number of carbonyl (C=O) groups excluding carboxylic acids is 1. The zero-order valence-electron chi connectivity index (χ0n) is 24.5. The number of nitrogens with one attached hydrogen (secondary N) is 1. The highest BCUT2D eigenvalue weighted by Gasteiger charge is 2.44. The number of aliphatic imine (C=N–C) groups is 1. The number of ether oxygens (including phenoxy) is 1. The number of aromatic nitrogens is 3. The van der Waals surface area contributed by atoms with E-state index in [4.69, 9.17) is 4.74 Å². The van der Waals surface area contributed by atoms with E-state index in [0.717, 1.165) is 61.6 Å². The summed E-state index contributed by atoms with van der Waals surface area (Å²) in [6, 6.07) is 6.98. The van der Waals surface area contributed by atoms with Gasteiger partial charge in [-0.05, 0) is 88.6 Å². The zero-order valence-corrected chi connectivity index (χ0v) is 24.5. The highest BCUT2D eigenvalue weighted by molar-refractivity contribution is 6.01. The van der Waals surface area contributed by atoms with Crippen molar-refractivity contribution in [3.8, 4) is 11.3 Å². The average molecular weight is 575 g/mol. The molecule has 4 heterocycles. The lowest BCUT2D eigenvalue weighted by atomic mass is 9.76. The Kier molecular flexibility index (Phi) is 7.19. The molecule has 0 bridgehead atoms. The minimum Gasteiger partial charge on any atom is -0.444 e. The van der Waals surface area contributed by atoms with Crippen LogP contribution in [0.3, 0.4) is 0 Å². The highest BCUT2D eigenvalue weighted by Crippen LogP contribution is 2.52. The summed E-state index contributed by atoms with van der Waals surface area (Å²) in [5, 5.41) is 3.05. The van der Waals surface area contributed by atoms with E-state index in [0.29, 0.717) is 30.2 Å². The van der Waals surface area contributed by atoms with E-state index < -0.39 is 17.2 Å². The predicted molar refractivity (Wildman–Crippen MR) is 158 cm³/mol. The number of fused-ring (bicyclic) bond motifs is 2. The van der Waals surface area contributed by atoms with Gasteiger partial charge in [0.05, 0.1) is 6.20 Å². The largest absolute Gasteiger partial charge is 0.444 e. The van der Waals surface area contributed by atoms with Crippen molar-refractivity contribution in [1.29, 1.82) is 0 Å². The maximum absolute atomic E-state index is 15.2. The van der Waals surface area contributed by atoms with Gasteiger partial charge in [-0.2, -0.15) is 0 Å². The zero-order chi connectivity index (χ0) is 29.6. The molecule has 8 nitrogen and oxygen atoms in total. The fraction of sp³-hybridized carbons (Fsp3) is 0.469. The number of nitrogens with zero attached hydrogens (tertiary/aromatic N) is 5. The van der Waals surface area contributed by atoms with Crippen molar-refractivity contribution in [3.05, 3.63) is 59.4 Å². The first-order valence-corrected chi connectivity index (χ1v) is 14.7. The quantitative estimate of drug-likeness (QED) is 0.345. The third-order valence-corrected chi connectivity index (χ3v) is 8.67. The highest BCUT2D eigenvalue weighted by atomic mass is 19.1. The normalized spacial score (nSPS) is 18.2. The van der Waals surface area contributed by atoms with Gasteiger partial charge in [0.1, 0.15) is 28.6 Å². The summed E-state index contributed by atoms with van der Waals surface area (Å²) in [6.07, 6.45) is 8.22. The Morgan fingerprint density at radius 3 is 2.45 bits per heavy atom. The number of halogens is 2. The fourth-order valence-corrected chi connectivity index (χ4v) is 6.48. The number of hydrogen-bond acceptors (Lipinski definition) is 7. The third-order valence-electron chi connectivity index (χ3n) is 8.67. The molecule has 1 N–H and O–H groups in total. The second-order valence-corrected chi connectivity index (χ2v) is 12.6. The Bertz CT molecular complexity index is 1540. The van der Waals surface area contributed by atoms with E-state index in [1.54, 1.807) is 11.1 Å². The third kappa shape index (κ3) is 5.34. The predicted octanol–water partition coefficient (Wildman–Crippen LogP) is 7.59. The van der Waals surface area contributed by atoms with Crippen molar-refractivity contribution in [2.75, 3.05) is 18.4 Å². The van der Waals surface area contributed by atoms with Crippen LogP contribution in [0.5, 0.6) is 0 Å². The number of piperidine rings is 1. The first-order valence-electron chi connectivity index (χ1n) is 14.7. The monoisotopic (exact) mass is 574 g/mol. The molecule has 0 atom stereocenters. The first kappa shape index (κ1) is 28.2. The van der Waals surface area contributed by atoms with Crippen LogP contribution < -0.4 is 5.32 Å². The van der Waals surface area contributed by atoms with Gasteiger partial charge in [-0.1, -0.05) is 18.9 Å². The molecule has 2 aromatic heterocycles. The van der Waals surface area contributed by atoms with Crippen LogP contribution in [0, 0.1) is 11.6 Å². The molecule has 2 fully saturated rings. The van der Waals surface area contributed by atoms with Gasteiger partial charge in [0.15, 0.2) is 5.82 Å². The van der Waals surface area contributed by atoms with Gasteiger partial charge in [0, 0.05) is 36.0 Å². The van der Waals surface area contributed by atoms with Crippen molar-refractivity contribution in [2.45, 2.75) is 83.2 Å². The van der Waals surface area contributed by atoms with Crippen molar-refractivity contribution in [1.82, 2.24) is 19.9 Å². The summed E-state index contributed by atoms with van der Waals surface area (Å²) in [5.41, 5.74) is 2.82. The molecule has 6 rings (SSSR count). The van der Waals surface area contributed by atoms with Gasteiger partial charge in [-0.25, -0.2) is 28.5 Å². The number of rotatable bonds is 4. The number of carbonyl (C=O) groups is 1. The second-order valence-electron chi connectivity index (χ2n) is 12.6. The van der Waals surface area contributed by atoms with Gasteiger partial charge in [0.25, 0.3) is 0 Å². The number of pyridine rings is 1. The molecule has 1 spiro atoms. The summed E-state index contributed by atoms with van der Waals surface area (Å²) >= 11 is 0. The number of anilines is 2. The molecule has 220 valence electrons. The number of hydrogen-bond donors (Lipinski definition) is 1. The van der Waals surface area contributed by atoms with Crippen LogP contribution in [-0.4, -0.2) is 50.3 Å². The molecule has 3 aliphatic rings. The van der Waals surface area contributed by atoms with E-state index >= 15 is 4.39 Å². The summed E-state index contributed by atoms with van der Waals surface area (Å²) in [6.45, 7) is 8.81. The molecule has 0 unspecified atom stereocenters. The number of amides is 1. The lowest BCUT2D eigenvalue weighted by Crippen LogP contribution is -2.41. The van der Waals surface area contributed by atoms with Crippen molar-refractivity contribution < 1.29 is 18.3 Å². The van der Waals surface area contributed by atoms with E-state index in [1.165, 1.54) is 6.07 Å². The first-order chi connectivity index (χ1) is 20.0. The minimum atomic E-state index is -0.628. The Labute approximate surface area is 244 Å². The molecule has 3 aromatic rings. The Morgan fingerprint density at radius 1 is 1.05 bits per heavy atom. The van der Waals surface area contributed by atoms with E-state index in [1.807, 2.05) is 45.9 Å². The number of benzene rings is 1. The van der Waals surface area contributed by atoms with Crippen LogP contribution in [0.2, 0.25) is 0 Å². The molecule has 0 radical (unpaired) electrons. The number of likely N-dealkylation sites (tertiary alicyclic amines) is 1. The van der Waals surface area contributed by atoms with Crippen LogP contribution in [0.4, 0.5) is 31.0 Å². The van der Waals surface area contributed by atoms with Gasteiger partial charge in [0.2, 0.25) is 5.95 Å². The van der Waals surface area contributed by atoms with Crippen LogP contribution in [0.25, 0.3) is 11.3 Å². The van der Waals surface area contributed by atoms with E-state index in [-0.39, 0.29) is 29.1 Å². The van der Waals surface area contributed by atoms with E-state index in [2.05, 4.69) is 25.3 Å². The van der Waals surface area contributed by atoms with Crippen LogP contribution in [0.1, 0.15) is 83.3 Å². The second kappa shape index (κ2) is 10.7. The Morgan fingerprint density at radius 2 is 1.79 bits per heavy atom. The molecule has 1 aromatic carbocycles. The lowest BCUT2D eigenvalue weighted by Gasteiger charge is -2.33. The van der Waals surface area contributed by atoms with E-state index in [9.17, 15) is 9.18 Å². The Balaban J connectivity index is 1.15. The van der Waals surface area contributed by atoms with Gasteiger partial charge < -0.3 is 15.0 Å². The molecule has 10 heteroatoms. The van der Waals surface area contributed by atoms with Crippen molar-refractivity contribution in [3.63, 3.8) is 0 Å². The maximum Gasteiger partial charge on any atom is 0.410 e. The fourth-order valence-electron chi connectivity index (χ4n) is 6.48. The SMILES string of the molecule is CC1=Nc2c(F)cc(-c3nc(Nc4ccc(C5CCN(C(=O)OC(C)(C)C)CC5)cn4)ncc3F)cc2C12CCCC2. The molecular formula is C32H36F2N6O2. The molecule has 42 heavy (non-hydrogen) atoms. The van der Waals surface area contributed by atoms with Gasteiger partial charge in [-0.3, -0.25) is 4.99 Å². The molecule has 2 aliphatic heterocycles. The average Bonchev–Trinajstić information content (AvgIpc) is 3.56. The lowest BCUT2D eigenvalue weighted by molar-refractivity contribution is 0.0205. The van der Waals surface area contributed by atoms with Crippen molar-refractivity contribution >= 4 is 29.3 Å². The smallest absolute Gasteiger partial charge is 0.410 e. The summed E-state index contributed by atoms with van der Waals surface area (Å²) < 4.78 is 35.7.